The second-order valence-corrected chi connectivity index (χ2v) is 9.93. The summed E-state index contributed by atoms with van der Waals surface area (Å²) in [5.41, 5.74) is -4.92. The molecule has 2 saturated carbocycles. The number of hydrogen-bond acceptors (Lipinski definition) is 9. The zero-order valence-electron chi connectivity index (χ0n) is 18.6. The van der Waals surface area contributed by atoms with E-state index in [-0.39, 0.29) is 44.9 Å². The van der Waals surface area contributed by atoms with Crippen LogP contribution >= 0.6 is 0 Å². The van der Waals surface area contributed by atoms with Gasteiger partial charge in [-0.2, -0.15) is 0 Å². The molecule has 0 amide bonds. The van der Waals surface area contributed by atoms with Crippen LogP contribution in [0.4, 0.5) is 0 Å². The molecule has 4 aliphatic rings. The third-order valence-electron chi connectivity index (χ3n) is 7.07. The van der Waals surface area contributed by atoms with Gasteiger partial charge in [-0.25, -0.2) is 0 Å². The summed E-state index contributed by atoms with van der Waals surface area (Å²) in [6, 6.07) is 0. The maximum Gasteiger partial charge on any atom is 0.323 e. The van der Waals surface area contributed by atoms with Crippen LogP contribution in [0.25, 0.3) is 0 Å². The van der Waals surface area contributed by atoms with Gasteiger partial charge in [0.1, 0.15) is 22.9 Å². The Hall–Kier alpha value is -2.00. The number of fused-ring (bicyclic) bond motifs is 1. The fraction of sp³-hybridized carbons (Fsp3) is 0.818. The van der Waals surface area contributed by atoms with E-state index in [9.17, 15) is 19.2 Å². The molecule has 0 bridgehead atoms. The summed E-state index contributed by atoms with van der Waals surface area (Å²) in [6.07, 6.45) is -1.06. The van der Waals surface area contributed by atoms with Crippen LogP contribution in [0.5, 0.6) is 0 Å². The van der Waals surface area contributed by atoms with Gasteiger partial charge in [0.15, 0.2) is 5.41 Å². The van der Waals surface area contributed by atoms with E-state index in [1.54, 1.807) is 13.8 Å². The fourth-order valence-corrected chi connectivity index (χ4v) is 5.84. The maximum absolute atomic E-state index is 13.2. The fourth-order valence-electron chi connectivity index (χ4n) is 5.84. The number of carbonyl (C=O) groups excluding carboxylic acids is 4. The number of ketones is 1. The van der Waals surface area contributed by atoms with Gasteiger partial charge in [-0.05, 0) is 13.8 Å². The minimum Gasteiger partial charge on any atom is -0.465 e. The Bertz CT molecular complexity index is 809. The van der Waals surface area contributed by atoms with Gasteiger partial charge in [0.05, 0.1) is 25.7 Å². The van der Waals surface area contributed by atoms with E-state index in [4.69, 9.17) is 23.7 Å². The average molecular weight is 438 g/mol. The lowest BCUT2D eigenvalue weighted by molar-refractivity contribution is -0.389. The van der Waals surface area contributed by atoms with Crippen molar-refractivity contribution in [3.8, 4) is 0 Å². The molecular formula is C22H30O9. The highest BCUT2D eigenvalue weighted by atomic mass is 16.7. The Morgan fingerprint density at radius 1 is 1.00 bits per heavy atom. The highest BCUT2D eigenvalue weighted by Gasteiger charge is 2.89. The van der Waals surface area contributed by atoms with Crippen molar-refractivity contribution in [2.24, 2.45) is 22.7 Å². The molecule has 0 aromatic heterocycles. The van der Waals surface area contributed by atoms with E-state index in [0.29, 0.717) is 0 Å². The molecule has 4 fully saturated rings. The number of hydrogen-bond donors (Lipinski definition) is 0. The molecule has 4 rings (SSSR count). The van der Waals surface area contributed by atoms with Crippen molar-refractivity contribution in [3.63, 3.8) is 0 Å². The van der Waals surface area contributed by atoms with Gasteiger partial charge < -0.3 is 23.7 Å². The van der Waals surface area contributed by atoms with Crippen LogP contribution in [0.1, 0.15) is 53.9 Å². The largest absolute Gasteiger partial charge is 0.465 e. The Morgan fingerprint density at radius 2 is 1.58 bits per heavy atom. The highest BCUT2D eigenvalue weighted by molar-refractivity contribution is 6.03. The van der Waals surface area contributed by atoms with Gasteiger partial charge in [0.25, 0.3) is 0 Å². The van der Waals surface area contributed by atoms with Crippen molar-refractivity contribution >= 4 is 23.7 Å². The molecule has 9 nitrogen and oxygen atoms in total. The quantitative estimate of drug-likeness (QED) is 0.366. The normalized spacial score (nSPS) is 38.2. The van der Waals surface area contributed by atoms with Gasteiger partial charge in [-0.3, -0.25) is 19.2 Å². The molecule has 0 unspecified atom stereocenters. The maximum atomic E-state index is 13.2. The lowest BCUT2D eigenvalue weighted by atomic mass is 9.48. The molecule has 0 aromatic carbocycles. The molecule has 31 heavy (non-hydrogen) atoms. The van der Waals surface area contributed by atoms with E-state index in [1.807, 2.05) is 20.8 Å². The SMILES string of the molecule is CCOC(=O)C1(C(=O)OCC)C[C@]23O[C@@H](C(C)(C)C)OC(=O)[C@H]2[C@H]2C(=O)CCO[C@]23C1. The molecule has 2 aliphatic heterocycles. The molecule has 0 N–H and O–H groups in total. The first kappa shape index (κ1) is 22.2. The summed E-state index contributed by atoms with van der Waals surface area (Å²) in [5.74, 6) is -3.98. The number of esters is 3. The van der Waals surface area contributed by atoms with E-state index in [0.717, 1.165) is 0 Å². The van der Waals surface area contributed by atoms with Crippen molar-refractivity contribution in [3.05, 3.63) is 0 Å². The zero-order valence-corrected chi connectivity index (χ0v) is 18.6. The molecule has 2 saturated heterocycles. The molecule has 2 aliphatic carbocycles. The van der Waals surface area contributed by atoms with E-state index < -0.39 is 58.1 Å². The molecule has 172 valence electrons. The average Bonchev–Trinajstić information content (AvgIpc) is 2.86. The summed E-state index contributed by atoms with van der Waals surface area (Å²) in [4.78, 5) is 52.3. The number of ether oxygens (including phenoxy) is 5. The van der Waals surface area contributed by atoms with Crippen LogP contribution in [0.2, 0.25) is 0 Å². The molecule has 5 atom stereocenters. The van der Waals surface area contributed by atoms with Crippen LogP contribution in [0.3, 0.4) is 0 Å². The first-order valence-electron chi connectivity index (χ1n) is 10.9. The predicted octanol–water partition coefficient (Wildman–Crippen LogP) is 1.55. The molecule has 9 heteroatoms. The first-order valence-corrected chi connectivity index (χ1v) is 10.9. The number of cyclic esters (lactones) is 1. The van der Waals surface area contributed by atoms with Crippen molar-refractivity contribution in [1.29, 1.82) is 0 Å². The zero-order chi connectivity index (χ0) is 22.8. The van der Waals surface area contributed by atoms with Crippen molar-refractivity contribution in [1.82, 2.24) is 0 Å². The molecule has 0 radical (unpaired) electrons. The van der Waals surface area contributed by atoms with Crippen molar-refractivity contribution in [2.45, 2.75) is 71.4 Å². The number of rotatable bonds is 4. The van der Waals surface area contributed by atoms with E-state index >= 15 is 0 Å². The minimum atomic E-state index is -1.73. The van der Waals surface area contributed by atoms with Crippen LogP contribution in [0.15, 0.2) is 0 Å². The third kappa shape index (κ3) is 2.75. The van der Waals surface area contributed by atoms with Crippen LogP contribution in [-0.2, 0) is 42.9 Å². The van der Waals surface area contributed by atoms with Gasteiger partial charge in [-0.1, -0.05) is 20.8 Å². The van der Waals surface area contributed by atoms with Crippen LogP contribution in [0, 0.1) is 22.7 Å². The summed E-state index contributed by atoms with van der Waals surface area (Å²) in [5, 5.41) is 0. The van der Waals surface area contributed by atoms with Crippen molar-refractivity contribution in [2.75, 3.05) is 19.8 Å². The molecule has 2 heterocycles. The Kier molecular flexibility index (Phi) is 5.01. The topological polar surface area (TPSA) is 114 Å². The Balaban J connectivity index is 1.86. The lowest BCUT2D eigenvalue weighted by Crippen LogP contribution is -2.82. The summed E-state index contributed by atoms with van der Waals surface area (Å²) in [7, 11) is 0. The standard InChI is InChI=1S/C22H30O9/c1-6-27-16(25)20(17(26)28-7-2)10-21-13(12(23)8-9-29-21)14-15(24)30-18(19(3,4)5)31-22(14,21)11-20/h13-14,18H,6-11H2,1-5H3/t13-,14-,18+,21-,22+/m1/s1. The number of carbonyl (C=O) groups is 4. The molecular weight excluding hydrogens is 408 g/mol. The number of Topliss-reactive ketones (excluding diaryl/α,β-unsaturated/α-hetero) is 1. The monoisotopic (exact) mass is 438 g/mol. The van der Waals surface area contributed by atoms with Gasteiger partial charge in [0.2, 0.25) is 6.29 Å². The first-order chi connectivity index (χ1) is 14.5. The Morgan fingerprint density at radius 3 is 2.13 bits per heavy atom. The predicted molar refractivity (Wildman–Crippen MR) is 103 cm³/mol. The second-order valence-electron chi connectivity index (χ2n) is 9.93. The van der Waals surface area contributed by atoms with Crippen LogP contribution < -0.4 is 0 Å². The smallest absolute Gasteiger partial charge is 0.323 e. The van der Waals surface area contributed by atoms with E-state index in [2.05, 4.69) is 0 Å². The third-order valence-corrected chi connectivity index (χ3v) is 7.07. The van der Waals surface area contributed by atoms with E-state index in [1.165, 1.54) is 0 Å². The summed E-state index contributed by atoms with van der Waals surface area (Å²) in [6.45, 7) is 9.13. The summed E-state index contributed by atoms with van der Waals surface area (Å²) >= 11 is 0. The second kappa shape index (κ2) is 7.00. The highest BCUT2D eigenvalue weighted by Crippen LogP contribution is 2.73. The van der Waals surface area contributed by atoms with Gasteiger partial charge >= 0.3 is 17.9 Å². The van der Waals surface area contributed by atoms with Crippen LogP contribution in [-0.4, -0.2) is 61.0 Å². The Labute approximate surface area is 181 Å². The van der Waals surface area contributed by atoms with Gasteiger partial charge in [-0.15, -0.1) is 0 Å². The molecule has 0 aromatic rings. The lowest BCUT2D eigenvalue weighted by Gasteiger charge is -2.67. The van der Waals surface area contributed by atoms with Crippen molar-refractivity contribution < 1.29 is 42.9 Å². The molecule has 2 spiro atoms. The minimum absolute atomic E-state index is 0.0696. The van der Waals surface area contributed by atoms with Gasteiger partial charge in [0, 0.05) is 24.7 Å². The summed E-state index contributed by atoms with van der Waals surface area (Å²) < 4.78 is 28.7.